The lowest BCUT2D eigenvalue weighted by atomic mass is 9.95. The smallest absolute Gasteiger partial charge is 0.0433 e. The highest BCUT2D eigenvalue weighted by atomic mass is 32.1. The molecule has 0 nitrogen and oxygen atoms in total. The molecule has 1 heterocycles. The lowest BCUT2D eigenvalue weighted by molar-refractivity contribution is 1.46. The highest BCUT2D eigenvalue weighted by Gasteiger charge is 2.11. The van der Waals surface area contributed by atoms with E-state index in [2.05, 4.69) is 97.9 Å². The van der Waals surface area contributed by atoms with Gasteiger partial charge in [0, 0.05) is 20.2 Å². The summed E-state index contributed by atoms with van der Waals surface area (Å²) in [5.74, 6) is 0. The highest BCUT2D eigenvalue weighted by molar-refractivity contribution is 7.26. The van der Waals surface area contributed by atoms with E-state index < -0.39 is 0 Å². The lowest BCUT2D eigenvalue weighted by Crippen LogP contribution is -1.85. The third-order valence-corrected chi connectivity index (χ3v) is 6.25. The van der Waals surface area contributed by atoms with E-state index in [1.54, 1.807) is 0 Å². The Morgan fingerprint density at radius 3 is 2.19 bits per heavy atom. The van der Waals surface area contributed by atoms with E-state index in [1.165, 1.54) is 48.0 Å². The number of hydrogen-bond donors (Lipinski definition) is 0. The Labute approximate surface area is 157 Å². The van der Waals surface area contributed by atoms with E-state index in [0.717, 1.165) is 0 Å². The lowest BCUT2D eigenvalue weighted by Gasteiger charge is -2.10. The Morgan fingerprint density at radius 1 is 0.577 bits per heavy atom. The average Bonchev–Trinajstić information content (AvgIpc) is 3.07. The maximum absolute atomic E-state index is 2.32. The van der Waals surface area contributed by atoms with Crippen molar-refractivity contribution in [1.82, 2.24) is 0 Å². The fraction of sp³-hybridized carbons (Fsp3) is 0.0400. The molecule has 4 aromatic carbocycles. The summed E-state index contributed by atoms with van der Waals surface area (Å²) in [5.41, 5.74) is 6.51. The molecular formula is C25H18S. The number of aryl methyl sites for hydroxylation is 1. The van der Waals surface area contributed by atoms with E-state index in [9.17, 15) is 0 Å². The normalized spacial score (nSPS) is 11.3. The zero-order chi connectivity index (χ0) is 17.5. The second-order valence-corrected chi connectivity index (χ2v) is 7.73. The molecule has 0 aliphatic rings. The van der Waals surface area contributed by atoms with Gasteiger partial charge in [-0.05, 0) is 40.8 Å². The van der Waals surface area contributed by atoms with Gasteiger partial charge >= 0.3 is 0 Å². The molecular weight excluding hydrogens is 332 g/mol. The van der Waals surface area contributed by atoms with Crippen LogP contribution in [0.1, 0.15) is 5.56 Å². The molecule has 0 spiro atoms. The first kappa shape index (κ1) is 15.4. The van der Waals surface area contributed by atoms with Gasteiger partial charge in [0.05, 0.1) is 0 Å². The standard InChI is InChI=1S/C25H18S/c1-17-16-19(14-15-20(17)18-8-3-2-4-9-18)21-11-7-12-23-22-10-5-6-13-24(22)26-25(21)23/h2-16H,1H3. The zero-order valence-corrected chi connectivity index (χ0v) is 15.4. The fourth-order valence-corrected chi connectivity index (χ4v) is 4.99. The first-order chi connectivity index (χ1) is 12.8. The topological polar surface area (TPSA) is 0 Å². The highest BCUT2D eigenvalue weighted by Crippen LogP contribution is 2.40. The second kappa shape index (κ2) is 6.12. The zero-order valence-electron chi connectivity index (χ0n) is 14.6. The summed E-state index contributed by atoms with van der Waals surface area (Å²) >= 11 is 1.89. The van der Waals surface area contributed by atoms with Crippen LogP contribution in [-0.2, 0) is 0 Å². The maximum atomic E-state index is 2.32. The van der Waals surface area contributed by atoms with Crippen molar-refractivity contribution in [1.29, 1.82) is 0 Å². The summed E-state index contributed by atoms with van der Waals surface area (Å²) in [4.78, 5) is 0. The molecule has 0 aliphatic carbocycles. The summed E-state index contributed by atoms with van der Waals surface area (Å²) in [6, 6.07) is 32.8. The van der Waals surface area contributed by atoms with Gasteiger partial charge in [-0.3, -0.25) is 0 Å². The monoisotopic (exact) mass is 350 g/mol. The van der Waals surface area contributed by atoms with Crippen LogP contribution in [0.25, 0.3) is 42.4 Å². The van der Waals surface area contributed by atoms with Crippen molar-refractivity contribution in [2.24, 2.45) is 0 Å². The van der Waals surface area contributed by atoms with Crippen LogP contribution in [0.3, 0.4) is 0 Å². The average molecular weight is 350 g/mol. The van der Waals surface area contributed by atoms with Gasteiger partial charge in [0.2, 0.25) is 0 Å². The van der Waals surface area contributed by atoms with Crippen molar-refractivity contribution in [3.63, 3.8) is 0 Å². The van der Waals surface area contributed by atoms with Crippen LogP contribution in [-0.4, -0.2) is 0 Å². The van der Waals surface area contributed by atoms with E-state index in [1.807, 2.05) is 11.3 Å². The molecule has 26 heavy (non-hydrogen) atoms. The molecule has 0 amide bonds. The number of hydrogen-bond acceptors (Lipinski definition) is 1. The number of thiophene rings is 1. The molecule has 5 aromatic rings. The maximum Gasteiger partial charge on any atom is 0.0433 e. The molecule has 0 aliphatic heterocycles. The molecule has 0 radical (unpaired) electrons. The van der Waals surface area contributed by atoms with E-state index >= 15 is 0 Å². The molecule has 0 fully saturated rings. The van der Waals surface area contributed by atoms with Gasteiger partial charge in [0.15, 0.2) is 0 Å². The van der Waals surface area contributed by atoms with Crippen molar-refractivity contribution in [2.75, 3.05) is 0 Å². The summed E-state index contributed by atoms with van der Waals surface area (Å²) in [6.45, 7) is 2.21. The van der Waals surface area contributed by atoms with Crippen LogP contribution >= 0.6 is 11.3 Å². The van der Waals surface area contributed by atoms with Crippen molar-refractivity contribution >= 4 is 31.5 Å². The van der Waals surface area contributed by atoms with Crippen molar-refractivity contribution in [3.05, 3.63) is 96.6 Å². The van der Waals surface area contributed by atoms with Crippen molar-refractivity contribution in [2.45, 2.75) is 6.92 Å². The van der Waals surface area contributed by atoms with Crippen molar-refractivity contribution < 1.29 is 0 Å². The molecule has 0 N–H and O–H groups in total. The molecule has 124 valence electrons. The first-order valence-electron chi connectivity index (χ1n) is 8.88. The number of benzene rings is 4. The summed E-state index contributed by atoms with van der Waals surface area (Å²) in [6.07, 6.45) is 0. The Bertz CT molecular complexity index is 1230. The van der Waals surface area contributed by atoms with Gasteiger partial charge in [0.1, 0.15) is 0 Å². The van der Waals surface area contributed by atoms with E-state index in [-0.39, 0.29) is 0 Å². The summed E-state index contributed by atoms with van der Waals surface area (Å²) in [5, 5.41) is 2.71. The Balaban J connectivity index is 1.70. The molecule has 0 unspecified atom stereocenters. The Morgan fingerprint density at radius 2 is 1.35 bits per heavy atom. The van der Waals surface area contributed by atoms with E-state index in [4.69, 9.17) is 0 Å². The fourth-order valence-electron chi connectivity index (χ4n) is 3.75. The molecule has 1 heteroatoms. The molecule has 0 bridgehead atoms. The number of rotatable bonds is 2. The summed E-state index contributed by atoms with van der Waals surface area (Å²) in [7, 11) is 0. The Hall–Kier alpha value is -2.90. The van der Waals surface area contributed by atoms with Crippen LogP contribution in [0.4, 0.5) is 0 Å². The largest absolute Gasteiger partial charge is 0.135 e. The van der Waals surface area contributed by atoms with Crippen LogP contribution in [0, 0.1) is 6.92 Å². The van der Waals surface area contributed by atoms with Gasteiger partial charge in [-0.1, -0.05) is 84.9 Å². The molecule has 0 saturated heterocycles. The van der Waals surface area contributed by atoms with Crippen LogP contribution in [0.5, 0.6) is 0 Å². The molecule has 0 saturated carbocycles. The minimum absolute atomic E-state index is 1.27. The molecule has 5 rings (SSSR count). The number of fused-ring (bicyclic) bond motifs is 3. The van der Waals surface area contributed by atoms with Crippen LogP contribution in [0.2, 0.25) is 0 Å². The SMILES string of the molecule is Cc1cc(-c2cccc3c2sc2ccccc23)ccc1-c1ccccc1. The van der Waals surface area contributed by atoms with Gasteiger partial charge in [-0.25, -0.2) is 0 Å². The van der Waals surface area contributed by atoms with Crippen LogP contribution < -0.4 is 0 Å². The third kappa shape index (κ3) is 2.44. The van der Waals surface area contributed by atoms with Gasteiger partial charge in [0.25, 0.3) is 0 Å². The summed E-state index contributed by atoms with van der Waals surface area (Å²) < 4.78 is 2.73. The van der Waals surface area contributed by atoms with Crippen LogP contribution in [0.15, 0.2) is 91.0 Å². The molecule has 0 atom stereocenters. The quantitative estimate of drug-likeness (QED) is 0.306. The first-order valence-corrected chi connectivity index (χ1v) is 9.69. The molecule has 1 aromatic heterocycles. The minimum atomic E-state index is 1.27. The Kier molecular flexibility index (Phi) is 3.62. The predicted octanol–water partition coefficient (Wildman–Crippen LogP) is 7.70. The third-order valence-electron chi connectivity index (χ3n) is 5.03. The van der Waals surface area contributed by atoms with Crippen molar-refractivity contribution in [3.8, 4) is 22.3 Å². The van der Waals surface area contributed by atoms with Gasteiger partial charge in [-0.15, -0.1) is 11.3 Å². The van der Waals surface area contributed by atoms with Gasteiger partial charge < -0.3 is 0 Å². The van der Waals surface area contributed by atoms with Gasteiger partial charge in [-0.2, -0.15) is 0 Å². The van der Waals surface area contributed by atoms with E-state index in [0.29, 0.717) is 0 Å². The predicted molar refractivity (Wildman–Crippen MR) is 115 cm³/mol. The minimum Gasteiger partial charge on any atom is -0.135 e. The second-order valence-electron chi connectivity index (χ2n) is 6.68.